The van der Waals surface area contributed by atoms with Crippen LogP contribution in [-0.4, -0.2) is 17.6 Å². The second-order valence-electron chi connectivity index (χ2n) is 4.29. The maximum Gasteiger partial charge on any atom is 0.0367 e. The van der Waals surface area contributed by atoms with Gasteiger partial charge in [-0.3, -0.25) is 4.98 Å². The molecule has 2 nitrogen and oxygen atoms in total. The van der Waals surface area contributed by atoms with Crippen LogP contribution in [-0.2, 0) is 0 Å². The Hall–Kier alpha value is -1.15. The number of fused-ring (bicyclic) bond motifs is 1. The lowest BCUT2D eigenvalue weighted by Crippen LogP contribution is -2.50. The quantitative estimate of drug-likeness (QED) is 0.723. The van der Waals surface area contributed by atoms with Crippen LogP contribution in [0.4, 0.5) is 0 Å². The van der Waals surface area contributed by atoms with E-state index in [0.29, 0.717) is 6.04 Å². The fraction of sp³-hybridized carbons (Fsp3) is 0.417. The number of hydrogen-bond acceptors (Lipinski definition) is 2. The van der Waals surface area contributed by atoms with Crippen molar-refractivity contribution in [1.82, 2.24) is 10.3 Å². The molecule has 1 aliphatic heterocycles. The third-order valence-corrected chi connectivity index (χ3v) is 3.26. The van der Waals surface area contributed by atoms with Crippen molar-refractivity contribution in [3.63, 3.8) is 0 Å². The molecule has 1 saturated heterocycles. The summed E-state index contributed by atoms with van der Waals surface area (Å²) in [4.78, 5) is 4.24. The second-order valence-corrected chi connectivity index (χ2v) is 4.29. The van der Waals surface area contributed by atoms with Gasteiger partial charge in [-0.2, -0.15) is 0 Å². The summed E-state index contributed by atoms with van der Waals surface area (Å²) in [5.74, 6) is 0.852. The number of nitrogens with one attached hydrogen (secondary N) is 1. The Kier molecular flexibility index (Phi) is 1.71. The third kappa shape index (κ3) is 1.11. The molecule has 2 aliphatic rings. The maximum atomic E-state index is 4.24. The van der Waals surface area contributed by atoms with Crippen LogP contribution >= 0.6 is 0 Å². The van der Waals surface area contributed by atoms with Crippen LogP contribution in [0.3, 0.4) is 0 Å². The molecule has 72 valence electrons. The van der Waals surface area contributed by atoms with Gasteiger partial charge in [0, 0.05) is 25.0 Å². The van der Waals surface area contributed by atoms with Gasteiger partial charge >= 0.3 is 0 Å². The highest BCUT2D eigenvalue weighted by Gasteiger charge is 2.36. The van der Waals surface area contributed by atoms with Crippen molar-refractivity contribution in [2.24, 2.45) is 5.92 Å². The number of aromatic nitrogens is 1. The van der Waals surface area contributed by atoms with Crippen molar-refractivity contribution in [2.45, 2.75) is 19.4 Å². The van der Waals surface area contributed by atoms with Crippen molar-refractivity contribution in [2.75, 3.05) is 6.54 Å². The van der Waals surface area contributed by atoms with E-state index >= 15 is 0 Å². The summed E-state index contributed by atoms with van der Waals surface area (Å²) in [6.45, 7) is 3.28. The zero-order valence-electron chi connectivity index (χ0n) is 8.33. The van der Waals surface area contributed by atoms with E-state index in [0.717, 1.165) is 5.92 Å². The number of aryl methyl sites for hydroxylation is 1. The zero-order valence-corrected chi connectivity index (χ0v) is 8.33. The van der Waals surface area contributed by atoms with Gasteiger partial charge in [0.2, 0.25) is 0 Å². The van der Waals surface area contributed by atoms with Gasteiger partial charge < -0.3 is 5.32 Å². The molecule has 3 rings (SSSR count). The highest BCUT2D eigenvalue weighted by Crippen LogP contribution is 2.37. The molecule has 0 amide bonds. The summed E-state index contributed by atoms with van der Waals surface area (Å²) in [5.41, 5.74) is 3.99. The van der Waals surface area contributed by atoms with Crippen molar-refractivity contribution in [3.05, 3.63) is 35.7 Å². The summed E-state index contributed by atoms with van der Waals surface area (Å²) in [7, 11) is 0. The van der Waals surface area contributed by atoms with Crippen LogP contribution in [0.1, 0.15) is 17.5 Å². The van der Waals surface area contributed by atoms with Gasteiger partial charge in [0.1, 0.15) is 0 Å². The third-order valence-electron chi connectivity index (χ3n) is 3.26. The van der Waals surface area contributed by atoms with E-state index in [4.69, 9.17) is 0 Å². The predicted octanol–water partition coefficient (Wildman–Crippen LogP) is 1.77. The number of nitrogens with zero attached hydrogens (tertiary/aromatic N) is 1. The zero-order chi connectivity index (χ0) is 9.54. The Morgan fingerprint density at radius 2 is 2.36 bits per heavy atom. The lowest BCUT2D eigenvalue weighted by molar-refractivity contribution is 0.307. The molecule has 1 N–H and O–H groups in total. The second kappa shape index (κ2) is 2.92. The van der Waals surface area contributed by atoms with Gasteiger partial charge in [-0.05, 0) is 42.0 Å². The highest BCUT2D eigenvalue weighted by molar-refractivity contribution is 5.73. The first-order valence-electron chi connectivity index (χ1n) is 5.20. The Labute approximate surface area is 84.1 Å². The minimum absolute atomic E-state index is 0.610. The summed E-state index contributed by atoms with van der Waals surface area (Å²) in [6.07, 6.45) is 7.48. The predicted molar refractivity (Wildman–Crippen MR) is 56.8 cm³/mol. The first-order chi connectivity index (χ1) is 6.84. The highest BCUT2D eigenvalue weighted by atomic mass is 15.0. The first kappa shape index (κ1) is 8.18. The van der Waals surface area contributed by atoms with Gasteiger partial charge in [-0.25, -0.2) is 0 Å². The molecule has 0 aromatic carbocycles. The number of pyridine rings is 1. The first-order valence-corrected chi connectivity index (χ1v) is 5.20. The minimum Gasteiger partial charge on any atom is -0.309 e. The lowest BCUT2D eigenvalue weighted by Gasteiger charge is -2.34. The molecule has 2 heterocycles. The van der Waals surface area contributed by atoms with Crippen molar-refractivity contribution < 1.29 is 0 Å². The standard InChI is InChI=1S/C12H14N2/c1-8-4-10(6-13-5-8)11-3-2-9-7-14-12(9)11/h3-6,9,12,14H,2,7H2,1H3/t9-,12+/m1/s1. The molecule has 2 heteroatoms. The SMILES string of the molecule is Cc1cncc(C2=CC[C@@H]3CN[C@H]23)c1. The molecular formula is C12H14N2. The topological polar surface area (TPSA) is 24.9 Å². The van der Waals surface area contributed by atoms with E-state index in [1.165, 1.54) is 29.7 Å². The van der Waals surface area contributed by atoms with E-state index in [9.17, 15) is 0 Å². The molecule has 0 spiro atoms. The fourth-order valence-corrected chi connectivity index (χ4v) is 2.40. The van der Waals surface area contributed by atoms with Crippen LogP contribution < -0.4 is 5.32 Å². The number of hydrogen-bond donors (Lipinski definition) is 1. The summed E-state index contributed by atoms with van der Waals surface area (Å²) < 4.78 is 0. The van der Waals surface area contributed by atoms with E-state index < -0.39 is 0 Å². The molecule has 1 aromatic rings. The average molecular weight is 186 g/mol. The summed E-state index contributed by atoms with van der Waals surface area (Å²) in [6, 6.07) is 2.83. The van der Waals surface area contributed by atoms with Crippen molar-refractivity contribution in [3.8, 4) is 0 Å². The van der Waals surface area contributed by atoms with E-state index in [-0.39, 0.29) is 0 Å². The van der Waals surface area contributed by atoms with E-state index in [1.54, 1.807) is 0 Å². The van der Waals surface area contributed by atoms with Crippen LogP contribution in [0.5, 0.6) is 0 Å². The van der Waals surface area contributed by atoms with Crippen LogP contribution in [0.15, 0.2) is 24.5 Å². The van der Waals surface area contributed by atoms with Gasteiger partial charge in [0.15, 0.2) is 0 Å². The molecule has 0 bridgehead atoms. The molecule has 0 saturated carbocycles. The molecule has 1 aromatic heterocycles. The minimum atomic E-state index is 0.610. The Balaban J connectivity index is 1.95. The van der Waals surface area contributed by atoms with Crippen molar-refractivity contribution >= 4 is 5.57 Å². The lowest BCUT2D eigenvalue weighted by atomic mass is 9.89. The van der Waals surface area contributed by atoms with Crippen LogP contribution in [0, 0.1) is 12.8 Å². The van der Waals surface area contributed by atoms with Gasteiger partial charge in [-0.1, -0.05) is 6.08 Å². The molecule has 14 heavy (non-hydrogen) atoms. The molecule has 1 fully saturated rings. The van der Waals surface area contributed by atoms with E-state index in [2.05, 4.69) is 29.4 Å². The molecule has 0 unspecified atom stereocenters. The number of allylic oxidation sites excluding steroid dienone is 1. The van der Waals surface area contributed by atoms with Crippen molar-refractivity contribution in [1.29, 1.82) is 0 Å². The largest absolute Gasteiger partial charge is 0.309 e. The smallest absolute Gasteiger partial charge is 0.0367 e. The molecule has 1 aliphatic carbocycles. The monoisotopic (exact) mass is 186 g/mol. The molecular weight excluding hydrogens is 172 g/mol. The normalized spacial score (nSPS) is 29.4. The van der Waals surface area contributed by atoms with Gasteiger partial charge in [0.05, 0.1) is 0 Å². The Morgan fingerprint density at radius 1 is 1.43 bits per heavy atom. The van der Waals surface area contributed by atoms with Crippen LogP contribution in [0.2, 0.25) is 0 Å². The Morgan fingerprint density at radius 3 is 3.00 bits per heavy atom. The number of rotatable bonds is 1. The molecule has 0 radical (unpaired) electrons. The molecule has 2 atom stereocenters. The average Bonchev–Trinajstić information content (AvgIpc) is 2.41. The van der Waals surface area contributed by atoms with Crippen LogP contribution in [0.25, 0.3) is 5.57 Å². The van der Waals surface area contributed by atoms with E-state index in [1.807, 2.05) is 12.4 Å². The summed E-state index contributed by atoms with van der Waals surface area (Å²) in [5, 5.41) is 3.48. The Bertz CT molecular complexity index is 395. The van der Waals surface area contributed by atoms with Gasteiger partial charge in [-0.15, -0.1) is 0 Å². The maximum absolute atomic E-state index is 4.24. The van der Waals surface area contributed by atoms with Gasteiger partial charge in [0.25, 0.3) is 0 Å². The summed E-state index contributed by atoms with van der Waals surface area (Å²) >= 11 is 0. The fourth-order valence-electron chi connectivity index (χ4n) is 2.40.